The quantitative estimate of drug-likeness (QED) is 0.150. The lowest BCUT2D eigenvalue weighted by Crippen LogP contribution is -2.33. The molecule has 0 unspecified atom stereocenters. The molecule has 41 heavy (non-hydrogen) atoms. The third-order valence-corrected chi connectivity index (χ3v) is 8.19. The van der Waals surface area contributed by atoms with Crippen LogP contribution in [-0.4, -0.2) is 67.2 Å². The van der Waals surface area contributed by atoms with Gasteiger partial charge in [-0.05, 0) is 56.8 Å². The van der Waals surface area contributed by atoms with E-state index in [1.165, 1.54) is 11.7 Å². The van der Waals surface area contributed by atoms with E-state index in [0.717, 1.165) is 32.5 Å². The van der Waals surface area contributed by atoms with Crippen LogP contribution in [0.5, 0.6) is 0 Å². The molecule has 4 aromatic carbocycles. The second-order valence-electron chi connectivity index (χ2n) is 10.6. The van der Waals surface area contributed by atoms with Crippen molar-refractivity contribution in [3.05, 3.63) is 78.2 Å². The highest BCUT2D eigenvalue weighted by atomic mass is 16.6. The molecule has 6 N–H and O–H groups in total. The molecule has 4 atom stereocenters. The van der Waals surface area contributed by atoms with Crippen LogP contribution in [0.15, 0.2) is 67.1 Å². The van der Waals surface area contributed by atoms with Crippen LogP contribution >= 0.6 is 0 Å². The number of aryl methyl sites for hydroxylation is 1. The number of anilines is 1. The Hall–Kier alpha value is -4.35. The van der Waals surface area contributed by atoms with Crippen LogP contribution in [0.25, 0.3) is 43.4 Å². The Labute approximate surface area is 234 Å². The Morgan fingerprint density at radius 3 is 2.44 bits per heavy atom. The summed E-state index contributed by atoms with van der Waals surface area (Å²) in [5, 5.41) is 40.6. The van der Waals surface area contributed by atoms with Gasteiger partial charge in [0.15, 0.2) is 6.23 Å². The van der Waals surface area contributed by atoms with Crippen LogP contribution < -0.4 is 11.1 Å². The molecule has 2 aromatic heterocycles. The summed E-state index contributed by atoms with van der Waals surface area (Å²) >= 11 is 0. The van der Waals surface area contributed by atoms with Gasteiger partial charge in [0, 0.05) is 18.3 Å². The van der Waals surface area contributed by atoms with Crippen molar-refractivity contribution < 1.29 is 24.9 Å². The van der Waals surface area contributed by atoms with Crippen LogP contribution in [0.1, 0.15) is 28.6 Å². The Balaban J connectivity index is 1.11. The standard InChI is InChI=1S/C31H29N5O5/c32-28-25-19(13-36(29(25)35-15-34-28)31-27(39)26(38)22(14-37)41-31)5-2-12-33-30(40)21-11-9-18-7-6-16-3-1-4-17-8-10-20(21)24(18)23(16)17/h1,3-4,6-11,13,15,22,26-27,31,37-39H,2,5,12,14H2,(H,33,40)(H2,32,34,35)/t22-,26-,27-,31-/m1/s1. The van der Waals surface area contributed by atoms with Crippen molar-refractivity contribution in [2.24, 2.45) is 0 Å². The van der Waals surface area contributed by atoms with Gasteiger partial charge in [0.25, 0.3) is 5.91 Å². The normalized spacial score (nSPS) is 21.0. The maximum absolute atomic E-state index is 13.3. The van der Waals surface area contributed by atoms with Gasteiger partial charge in [-0.1, -0.05) is 48.5 Å². The topological polar surface area (TPSA) is 156 Å². The molecule has 1 aliphatic heterocycles. The smallest absolute Gasteiger partial charge is 0.251 e. The molecule has 10 heteroatoms. The molecule has 0 aliphatic carbocycles. The molecule has 0 bridgehead atoms. The number of nitrogen functional groups attached to an aromatic ring is 1. The molecule has 1 fully saturated rings. The van der Waals surface area contributed by atoms with Gasteiger partial charge in [-0.25, -0.2) is 9.97 Å². The second-order valence-corrected chi connectivity index (χ2v) is 10.6. The fourth-order valence-corrected chi connectivity index (χ4v) is 6.19. The van der Waals surface area contributed by atoms with Crippen molar-refractivity contribution in [2.45, 2.75) is 37.4 Å². The first-order chi connectivity index (χ1) is 20.0. The third kappa shape index (κ3) is 4.07. The van der Waals surface area contributed by atoms with Crippen LogP contribution in [0.4, 0.5) is 5.82 Å². The number of amides is 1. The number of carbonyl (C=O) groups excluding carboxylic acids is 1. The zero-order valence-corrected chi connectivity index (χ0v) is 22.1. The predicted molar refractivity (Wildman–Crippen MR) is 156 cm³/mol. The van der Waals surface area contributed by atoms with Crippen molar-refractivity contribution in [3.63, 3.8) is 0 Å². The zero-order chi connectivity index (χ0) is 28.2. The second kappa shape index (κ2) is 9.93. The number of nitrogens with two attached hydrogens (primary N) is 1. The van der Waals surface area contributed by atoms with Gasteiger partial charge in [0.1, 0.15) is 36.1 Å². The summed E-state index contributed by atoms with van der Waals surface area (Å²) in [6, 6.07) is 18.4. The molecule has 1 aliphatic rings. The predicted octanol–water partition coefficient (Wildman–Crippen LogP) is 2.89. The van der Waals surface area contributed by atoms with Gasteiger partial charge in [-0.3, -0.25) is 4.79 Å². The van der Waals surface area contributed by atoms with Crippen LogP contribution in [-0.2, 0) is 11.2 Å². The van der Waals surface area contributed by atoms with Gasteiger partial charge in [-0.2, -0.15) is 0 Å². The molecule has 0 spiro atoms. The van der Waals surface area contributed by atoms with Gasteiger partial charge >= 0.3 is 0 Å². The maximum Gasteiger partial charge on any atom is 0.251 e. The highest BCUT2D eigenvalue weighted by Crippen LogP contribution is 2.37. The van der Waals surface area contributed by atoms with Gasteiger partial charge < -0.3 is 35.7 Å². The number of nitrogens with zero attached hydrogens (tertiary/aromatic N) is 3. The molecular formula is C31H29N5O5. The Morgan fingerprint density at radius 2 is 1.68 bits per heavy atom. The summed E-state index contributed by atoms with van der Waals surface area (Å²) in [7, 11) is 0. The number of aliphatic hydroxyl groups is 3. The number of aliphatic hydroxyl groups excluding tert-OH is 3. The maximum atomic E-state index is 13.3. The minimum absolute atomic E-state index is 0.139. The minimum Gasteiger partial charge on any atom is -0.394 e. The fraction of sp³-hybridized carbons (Fsp3) is 0.258. The number of ether oxygens (including phenoxy) is 1. The highest BCUT2D eigenvalue weighted by Gasteiger charge is 2.44. The van der Waals surface area contributed by atoms with E-state index in [-0.39, 0.29) is 11.7 Å². The monoisotopic (exact) mass is 551 g/mol. The zero-order valence-electron chi connectivity index (χ0n) is 22.1. The van der Waals surface area contributed by atoms with E-state index in [1.54, 1.807) is 10.8 Å². The number of hydrogen-bond donors (Lipinski definition) is 5. The molecule has 6 aromatic rings. The summed E-state index contributed by atoms with van der Waals surface area (Å²) in [5.41, 5.74) is 8.12. The first-order valence-electron chi connectivity index (χ1n) is 13.6. The summed E-state index contributed by atoms with van der Waals surface area (Å²) < 4.78 is 7.34. The molecule has 0 radical (unpaired) electrons. The average Bonchev–Trinajstić information content (AvgIpc) is 3.50. The van der Waals surface area contributed by atoms with Gasteiger partial charge in [0.05, 0.1) is 12.0 Å². The van der Waals surface area contributed by atoms with Crippen LogP contribution in [0, 0.1) is 0 Å². The summed E-state index contributed by atoms with van der Waals surface area (Å²) in [5.74, 6) is 0.146. The lowest BCUT2D eigenvalue weighted by Gasteiger charge is -2.17. The van der Waals surface area contributed by atoms with Crippen LogP contribution in [0.3, 0.4) is 0 Å². The van der Waals surface area contributed by atoms with E-state index in [4.69, 9.17) is 10.5 Å². The molecular weight excluding hydrogens is 522 g/mol. The Bertz CT molecular complexity index is 1900. The molecule has 10 nitrogen and oxygen atoms in total. The number of benzene rings is 4. The number of aromatic nitrogens is 3. The first-order valence-corrected chi connectivity index (χ1v) is 13.6. The van der Waals surface area contributed by atoms with Gasteiger partial charge in [-0.15, -0.1) is 0 Å². The SMILES string of the molecule is Nc1ncnc2c1c(CCCNC(=O)c1ccc3ccc4cccc5ccc1c3c45)cn2[C@@H]1O[C@H](CO)[C@@H](O)[C@H]1O. The van der Waals surface area contributed by atoms with E-state index >= 15 is 0 Å². The summed E-state index contributed by atoms with van der Waals surface area (Å²) in [4.78, 5) is 21.8. The largest absolute Gasteiger partial charge is 0.394 e. The van der Waals surface area contributed by atoms with E-state index in [0.29, 0.717) is 36.0 Å². The van der Waals surface area contributed by atoms with Gasteiger partial charge in [0.2, 0.25) is 0 Å². The number of carbonyl (C=O) groups is 1. The molecule has 1 saturated heterocycles. The number of rotatable bonds is 7. The number of fused-ring (bicyclic) bond motifs is 1. The fourth-order valence-electron chi connectivity index (χ4n) is 6.19. The number of hydrogen-bond acceptors (Lipinski definition) is 8. The molecule has 0 saturated carbocycles. The molecule has 208 valence electrons. The lowest BCUT2D eigenvalue weighted by atomic mass is 9.92. The molecule has 3 heterocycles. The van der Waals surface area contributed by atoms with Crippen molar-refractivity contribution in [3.8, 4) is 0 Å². The lowest BCUT2D eigenvalue weighted by molar-refractivity contribution is -0.0509. The van der Waals surface area contributed by atoms with E-state index in [2.05, 4.69) is 45.6 Å². The van der Waals surface area contributed by atoms with Crippen LogP contribution in [0.2, 0.25) is 0 Å². The van der Waals surface area contributed by atoms with Crippen molar-refractivity contribution >= 4 is 55.1 Å². The van der Waals surface area contributed by atoms with E-state index in [1.807, 2.05) is 24.3 Å². The Kier molecular flexibility index (Phi) is 6.20. The third-order valence-electron chi connectivity index (χ3n) is 8.19. The van der Waals surface area contributed by atoms with E-state index < -0.39 is 31.1 Å². The van der Waals surface area contributed by atoms with E-state index in [9.17, 15) is 20.1 Å². The van der Waals surface area contributed by atoms with Crippen molar-refractivity contribution in [2.75, 3.05) is 18.9 Å². The summed E-state index contributed by atoms with van der Waals surface area (Å²) in [6.45, 7) is -0.00135. The van der Waals surface area contributed by atoms with Crippen molar-refractivity contribution in [1.82, 2.24) is 19.9 Å². The first kappa shape index (κ1) is 25.6. The molecule has 7 rings (SSSR count). The van der Waals surface area contributed by atoms with Crippen molar-refractivity contribution in [1.29, 1.82) is 0 Å². The molecule has 1 amide bonds. The average molecular weight is 552 g/mol. The summed E-state index contributed by atoms with van der Waals surface area (Å²) in [6.07, 6.45) is -0.0758. The highest BCUT2D eigenvalue weighted by molar-refractivity contribution is 6.26. The minimum atomic E-state index is -1.25. The Morgan fingerprint density at radius 1 is 0.951 bits per heavy atom. The number of nitrogens with one attached hydrogen (secondary N) is 1.